The van der Waals surface area contributed by atoms with E-state index in [4.69, 9.17) is 16.0 Å². The van der Waals surface area contributed by atoms with E-state index < -0.39 is 11.9 Å². The third-order valence-corrected chi connectivity index (χ3v) is 5.59. The summed E-state index contributed by atoms with van der Waals surface area (Å²) < 4.78 is 5.84. The van der Waals surface area contributed by atoms with Gasteiger partial charge in [0, 0.05) is 11.2 Å². The van der Waals surface area contributed by atoms with Crippen LogP contribution in [0.4, 0.5) is 5.13 Å². The van der Waals surface area contributed by atoms with Crippen molar-refractivity contribution in [1.29, 1.82) is 0 Å². The zero-order valence-corrected chi connectivity index (χ0v) is 16.0. The Bertz CT molecular complexity index is 1300. The average molecular weight is 411 g/mol. The zero-order chi connectivity index (χ0) is 19.4. The molecular weight excluding hydrogens is 400 g/mol. The lowest BCUT2D eigenvalue weighted by atomic mass is 10.0. The summed E-state index contributed by atoms with van der Waals surface area (Å²) in [6, 6.07) is 9.31. The second-order valence-corrected chi connectivity index (χ2v) is 7.85. The predicted molar refractivity (Wildman–Crippen MR) is 105 cm³/mol. The third kappa shape index (κ3) is 2.45. The van der Waals surface area contributed by atoms with Gasteiger partial charge in [0.15, 0.2) is 5.43 Å². The molecule has 0 fully saturated rings. The number of nitrogens with zero attached hydrogens (tertiary/aromatic N) is 4. The van der Waals surface area contributed by atoms with Crippen molar-refractivity contribution >= 4 is 44.9 Å². The van der Waals surface area contributed by atoms with Gasteiger partial charge >= 0.3 is 0 Å². The molecule has 1 aromatic carbocycles. The Balaban J connectivity index is 1.84. The summed E-state index contributed by atoms with van der Waals surface area (Å²) in [5.41, 5.74) is 0.755. The summed E-state index contributed by atoms with van der Waals surface area (Å²) in [5.74, 6) is -0.459. The molecule has 1 aliphatic rings. The summed E-state index contributed by atoms with van der Waals surface area (Å²) >= 11 is 7.32. The fourth-order valence-electron chi connectivity index (χ4n) is 3.34. The molecule has 0 spiro atoms. The van der Waals surface area contributed by atoms with E-state index in [1.54, 1.807) is 49.5 Å². The fourth-order valence-corrected chi connectivity index (χ4v) is 4.23. The molecule has 3 aromatic heterocycles. The highest BCUT2D eigenvalue weighted by Gasteiger charge is 2.45. The smallest absolute Gasteiger partial charge is 0.297 e. The number of anilines is 1. The molecule has 0 aliphatic carbocycles. The van der Waals surface area contributed by atoms with Crippen molar-refractivity contribution in [3.05, 3.63) is 79.9 Å². The van der Waals surface area contributed by atoms with Crippen LogP contribution in [-0.4, -0.2) is 21.1 Å². The lowest BCUT2D eigenvalue weighted by Crippen LogP contribution is -2.30. The van der Waals surface area contributed by atoms with E-state index in [1.807, 2.05) is 0 Å². The summed E-state index contributed by atoms with van der Waals surface area (Å²) in [7, 11) is 0. The van der Waals surface area contributed by atoms with E-state index >= 15 is 0 Å². The number of amides is 1. The topological polar surface area (TPSA) is 89.2 Å². The van der Waals surface area contributed by atoms with Gasteiger partial charge in [0.05, 0.1) is 16.6 Å². The second kappa shape index (κ2) is 6.22. The van der Waals surface area contributed by atoms with Gasteiger partial charge in [-0.2, -0.15) is 0 Å². The van der Waals surface area contributed by atoms with Gasteiger partial charge in [-0.1, -0.05) is 29.0 Å². The van der Waals surface area contributed by atoms with Crippen LogP contribution in [0, 0.1) is 6.92 Å². The first-order chi connectivity index (χ1) is 13.5. The molecule has 7 nitrogen and oxygen atoms in total. The van der Waals surface area contributed by atoms with Gasteiger partial charge in [0.1, 0.15) is 16.6 Å². The van der Waals surface area contributed by atoms with Gasteiger partial charge in [-0.3, -0.25) is 19.5 Å². The lowest BCUT2D eigenvalue weighted by Gasteiger charge is -2.20. The number of hydrogen-bond acceptors (Lipinski definition) is 7. The summed E-state index contributed by atoms with van der Waals surface area (Å²) in [5, 5.41) is 9.92. The van der Waals surface area contributed by atoms with Crippen molar-refractivity contribution < 1.29 is 9.21 Å². The van der Waals surface area contributed by atoms with Crippen molar-refractivity contribution in [3.63, 3.8) is 0 Å². The van der Waals surface area contributed by atoms with Crippen LogP contribution in [0.5, 0.6) is 0 Å². The number of carbonyl (C=O) groups excluding carboxylic acids is 1. The maximum atomic E-state index is 13.3. The van der Waals surface area contributed by atoms with Gasteiger partial charge < -0.3 is 4.42 Å². The van der Waals surface area contributed by atoms with Crippen LogP contribution < -0.4 is 10.3 Å². The second-order valence-electron chi connectivity index (χ2n) is 6.25. The van der Waals surface area contributed by atoms with Crippen molar-refractivity contribution in [2.24, 2.45) is 0 Å². The SMILES string of the molecule is Cc1nnc(N2C(=O)c3oc4ccc(Cl)cc4c(=O)c3[C@H]2c2ccccn2)s1. The molecule has 1 amide bonds. The van der Waals surface area contributed by atoms with Gasteiger partial charge in [-0.15, -0.1) is 10.2 Å². The number of hydrogen-bond donors (Lipinski definition) is 0. The minimum atomic E-state index is -0.754. The Hall–Kier alpha value is -3.10. The summed E-state index contributed by atoms with van der Waals surface area (Å²) in [6.45, 7) is 1.80. The van der Waals surface area contributed by atoms with E-state index in [2.05, 4.69) is 15.2 Å². The molecule has 0 unspecified atom stereocenters. The highest BCUT2D eigenvalue weighted by atomic mass is 35.5. The minimum Gasteiger partial charge on any atom is -0.450 e. The molecule has 4 aromatic rings. The molecule has 1 atom stereocenters. The molecular formula is C19H11ClN4O3S. The summed E-state index contributed by atoms with van der Waals surface area (Å²) in [4.78, 5) is 32.3. The molecule has 0 saturated carbocycles. The quantitative estimate of drug-likeness (QED) is 0.500. The molecule has 0 N–H and O–H groups in total. The van der Waals surface area contributed by atoms with E-state index in [0.717, 1.165) is 0 Å². The highest BCUT2D eigenvalue weighted by Crippen LogP contribution is 2.41. The Labute approximate surface area is 167 Å². The molecule has 9 heteroatoms. The van der Waals surface area contributed by atoms with Crippen LogP contribution in [-0.2, 0) is 0 Å². The van der Waals surface area contributed by atoms with Crippen LogP contribution in [0.3, 0.4) is 0 Å². The van der Waals surface area contributed by atoms with E-state index in [1.165, 1.54) is 16.2 Å². The number of halogens is 1. The van der Waals surface area contributed by atoms with Crippen LogP contribution in [0.1, 0.15) is 32.9 Å². The summed E-state index contributed by atoms with van der Waals surface area (Å²) in [6.07, 6.45) is 1.61. The Morgan fingerprint density at radius 2 is 2.04 bits per heavy atom. The van der Waals surface area contributed by atoms with Crippen LogP contribution in [0.25, 0.3) is 11.0 Å². The van der Waals surface area contributed by atoms with Crippen molar-refractivity contribution in [2.45, 2.75) is 13.0 Å². The molecule has 28 heavy (non-hydrogen) atoms. The Morgan fingerprint density at radius 3 is 2.75 bits per heavy atom. The first-order valence-electron chi connectivity index (χ1n) is 8.35. The molecule has 0 bridgehead atoms. The highest BCUT2D eigenvalue weighted by molar-refractivity contribution is 7.15. The molecule has 4 heterocycles. The van der Waals surface area contributed by atoms with Crippen LogP contribution in [0.15, 0.2) is 51.8 Å². The Kier molecular flexibility index (Phi) is 3.78. The van der Waals surface area contributed by atoms with Crippen molar-refractivity contribution in [2.75, 3.05) is 4.90 Å². The largest absolute Gasteiger partial charge is 0.450 e. The first kappa shape index (κ1) is 17.0. The van der Waals surface area contributed by atoms with Crippen LogP contribution >= 0.6 is 22.9 Å². The molecule has 0 saturated heterocycles. The maximum Gasteiger partial charge on any atom is 0.297 e. The fraction of sp³-hybridized carbons (Fsp3) is 0.105. The van der Waals surface area contributed by atoms with Crippen molar-refractivity contribution in [1.82, 2.24) is 15.2 Å². The standard InChI is InChI=1S/C19H11ClN4O3S/c1-9-22-23-19(28-9)24-15(12-4-2-3-7-21-12)14-16(25)11-8-10(20)5-6-13(11)27-17(14)18(24)26/h2-8,15H,1H3/t15-/m1/s1. The number of carbonyl (C=O) groups is 1. The molecule has 1 aliphatic heterocycles. The molecule has 138 valence electrons. The molecule has 0 radical (unpaired) electrons. The average Bonchev–Trinajstić information content (AvgIpc) is 3.24. The zero-order valence-electron chi connectivity index (χ0n) is 14.4. The predicted octanol–water partition coefficient (Wildman–Crippen LogP) is 3.75. The monoisotopic (exact) mass is 410 g/mol. The van der Waals surface area contributed by atoms with E-state index in [-0.39, 0.29) is 16.8 Å². The van der Waals surface area contributed by atoms with E-state index in [0.29, 0.717) is 31.8 Å². The third-order valence-electron chi connectivity index (χ3n) is 4.52. The first-order valence-corrected chi connectivity index (χ1v) is 9.55. The van der Waals surface area contributed by atoms with Crippen LogP contribution in [0.2, 0.25) is 5.02 Å². The van der Waals surface area contributed by atoms with Gasteiger partial charge in [0.25, 0.3) is 5.91 Å². The number of aromatic nitrogens is 3. The number of rotatable bonds is 2. The van der Waals surface area contributed by atoms with E-state index in [9.17, 15) is 9.59 Å². The lowest BCUT2D eigenvalue weighted by molar-refractivity contribution is 0.0970. The van der Waals surface area contributed by atoms with Gasteiger partial charge in [0.2, 0.25) is 10.9 Å². The normalized spacial score (nSPS) is 16.0. The maximum absolute atomic E-state index is 13.3. The number of fused-ring (bicyclic) bond motifs is 2. The van der Waals surface area contributed by atoms with Gasteiger partial charge in [-0.05, 0) is 37.3 Å². The van der Waals surface area contributed by atoms with Crippen molar-refractivity contribution in [3.8, 4) is 0 Å². The van der Waals surface area contributed by atoms with Gasteiger partial charge in [-0.25, -0.2) is 0 Å². The number of pyridine rings is 1. The number of aryl methyl sites for hydroxylation is 1. The molecule has 5 rings (SSSR count). The number of benzene rings is 1. The minimum absolute atomic E-state index is 0.0108. The Morgan fingerprint density at radius 1 is 1.18 bits per heavy atom.